The average Bonchev–Trinajstić information content (AvgIpc) is 3.09. The molecule has 0 atom stereocenters. The number of urea groups is 1. The molecule has 0 aromatic heterocycles. The summed E-state index contributed by atoms with van der Waals surface area (Å²) in [6, 6.07) is 15.9. The lowest BCUT2D eigenvalue weighted by atomic mass is 10.2. The van der Waals surface area contributed by atoms with Crippen LogP contribution in [0.1, 0.15) is 6.92 Å². The van der Waals surface area contributed by atoms with Gasteiger partial charge in [-0.1, -0.05) is 0 Å². The Hall–Kier alpha value is -2.89. The van der Waals surface area contributed by atoms with Crippen LogP contribution in [-0.2, 0) is 0 Å². The van der Waals surface area contributed by atoms with E-state index in [1.807, 2.05) is 28.9 Å². The van der Waals surface area contributed by atoms with E-state index in [0.717, 1.165) is 57.2 Å². The number of carbonyl (C=O) groups is 1. The molecule has 0 radical (unpaired) electrons. The van der Waals surface area contributed by atoms with Gasteiger partial charge in [-0.15, -0.1) is 0 Å². The van der Waals surface area contributed by atoms with E-state index in [1.165, 1.54) is 5.69 Å². The second-order valence-electron chi connectivity index (χ2n) is 7.02. The number of aromatic hydroxyl groups is 1. The standard InChI is InChI=1S/C21H26N4O2/c1-2-22-15-16-25(21(22)27)19-5-3-17(4-6-19)23-11-13-24(14-12-23)18-7-9-20(26)10-8-18/h3-10,26H,2,11-16H2,1H3. The second-order valence-corrected chi connectivity index (χ2v) is 7.02. The third kappa shape index (κ3) is 3.52. The van der Waals surface area contributed by atoms with Crippen LogP contribution in [0.3, 0.4) is 0 Å². The molecular weight excluding hydrogens is 340 g/mol. The van der Waals surface area contributed by atoms with Crippen LogP contribution >= 0.6 is 0 Å². The monoisotopic (exact) mass is 366 g/mol. The number of hydrogen-bond acceptors (Lipinski definition) is 4. The maximum Gasteiger partial charge on any atom is 0.324 e. The summed E-state index contributed by atoms with van der Waals surface area (Å²) in [7, 11) is 0. The van der Waals surface area contributed by atoms with Crippen molar-refractivity contribution in [3.05, 3.63) is 48.5 Å². The fourth-order valence-corrected chi connectivity index (χ4v) is 3.85. The summed E-state index contributed by atoms with van der Waals surface area (Å²) >= 11 is 0. The summed E-state index contributed by atoms with van der Waals surface area (Å²) in [4.78, 5) is 20.8. The number of amides is 2. The topological polar surface area (TPSA) is 50.3 Å². The van der Waals surface area contributed by atoms with Gasteiger partial charge in [0.1, 0.15) is 5.75 Å². The smallest absolute Gasteiger partial charge is 0.324 e. The molecule has 142 valence electrons. The number of hydrogen-bond donors (Lipinski definition) is 1. The third-order valence-electron chi connectivity index (χ3n) is 5.50. The van der Waals surface area contributed by atoms with Gasteiger partial charge in [0.05, 0.1) is 0 Å². The molecule has 0 aliphatic carbocycles. The minimum absolute atomic E-state index is 0.104. The molecule has 0 unspecified atom stereocenters. The molecule has 0 bridgehead atoms. The molecule has 6 heteroatoms. The van der Waals surface area contributed by atoms with Crippen LogP contribution < -0.4 is 14.7 Å². The molecule has 1 N–H and O–H groups in total. The number of benzene rings is 2. The SMILES string of the molecule is CCN1CCN(c2ccc(N3CCN(c4ccc(O)cc4)CC3)cc2)C1=O. The van der Waals surface area contributed by atoms with Crippen molar-refractivity contribution >= 4 is 23.1 Å². The zero-order valence-electron chi connectivity index (χ0n) is 15.7. The molecule has 2 aromatic carbocycles. The molecule has 2 amide bonds. The number of carbonyl (C=O) groups excluding carboxylic acids is 1. The van der Waals surface area contributed by atoms with Gasteiger partial charge in [0.2, 0.25) is 0 Å². The van der Waals surface area contributed by atoms with E-state index in [2.05, 4.69) is 34.1 Å². The fourth-order valence-electron chi connectivity index (χ4n) is 3.85. The highest BCUT2D eigenvalue weighted by atomic mass is 16.3. The Bertz CT molecular complexity index is 783. The van der Waals surface area contributed by atoms with Gasteiger partial charge in [-0.3, -0.25) is 4.90 Å². The van der Waals surface area contributed by atoms with Gasteiger partial charge in [0.25, 0.3) is 0 Å². The lowest BCUT2D eigenvalue weighted by Gasteiger charge is -2.37. The number of anilines is 3. The van der Waals surface area contributed by atoms with Crippen molar-refractivity contribution in [1.82, 2.24) is 4.90 Å². The Morgan fingerprint density at radius 3 is 1.70 bits per heavy atom. The molecule has 2 aromatic rings. The van der Waals surface area contributed by atoms with Crippen molar-refractivity contribution in [2.75, 3.05) is 60.5 Å². The number of phenols is 1. The van der Waals surface area contributed by atoms with Crippen molar-refractivity contribution in [1.29, 1.82) is 0 Å². The van der Waals surface area contributed by atoms with Crippen LogP contribution in [0.2, 0.25) is 0 Å². The number of likely N-dealkylation sites (N-methyl/N-ethyl adjacent to an activating group) is 1. The first-order valence-corrected chi connectivity index (χ1v) is 9.61. The van der Waals surface area contributed by atoms with Gasteiger partial charge in [0.15, 0.2) is 0 Å². The number of piperazine rings is 1. The zero-order valence-corrected chi connectivity index (χ0v) is 15.7. The van der Waals surface area contributed by atoms with Gasteiger partial charge in [-0.2, -0.15) is 0 Å². The maximum absolute atomic E-state index is 12.3. The molecule has 2 fully saturated rings. The quantitative estimate of drug-likeness (QED) is 0.904. The first-order valence-electron chi connectivity index (χ1n) is 9.61. The van der Waals surface area contributed by atoms with Crippen molar-refractivity contribution < 1.29 is 9.90 Å². The van der Waals surface area contributed by atoms with Gasteiger partial charge >= 0.3 is 6.03 Å². The molecule has 2 aliphatic heterocycles. The Balaban J connectivity index is 1.38. The van der Waals surface area contributed by atoms with Crippen LogP contribution in [0, 0.1) is 0 Å². The Kier molecular flexibility index (Phi) is 4.79. The van der Waals surface area contributed by atoms with Crippen LogP contribution in [0.4, 0.5) is 21.9 Å². The molecule has 2 heterocycles. The molecule has 0 spiro atoms. The van der Waals surface area contributed by atoms with Crippen molar-refractivity contribution in [3.63, 3.8) is 0 Å². The molecule has 2 aliphatic rings. The van der Waals surface area contributed by atoms with Crippen molar-refractivity contribution in [3.8, 4) is 5.75 Å². The largest absolute Gasteiger partial charge is 0.508 e. The van der Waals surface area contributed by atoms with E-state index in [1.54, 1.807) is 12.1 Å². The number of rotatable bonds is 4. The predicted molar refractivity (Wildman–Crippen MR) is 109 cm³/mol. The average molecular weight is 366 g/mol. The van der Waals surface area contributed by atoms with E-state index >= 15 is 0 Å². The zero-order chi connectivity index (χ0) is 18.8. The highest BCUT2D eigenvalue weighted by Crippen LogP contribution is 2.26. The number of phenolic OH excluding ortho intramolecular Hbond substituents is 1. The molecule has 2 saturated heterocycles. The summed E-state index contributed by atoms with van der Waals surface area (Å²) in [6.45, 7) is 8.14. The molecular formula is C21H26N4O2. The Labute approximate surface area is 160 Å². The van der Waals surface area contributed by atoms with Crippen LogP contribution in [0.5, 0.6) is 5.75 Å². The highest BCUT2D eigenvalue weighted by Gasteiger charge is 2.28. The van der Waals surface area contributed by atoms with Crippen LogP contribution in [-0.4, -0.2) is 61.9 Å². The minimum Gasteiger partial charge on any atom is -0.508 e. The van der Waals surface area contributed by atoms with Crippen LogP contribution in [0.15, 0.2) is 48.5 Å². The van der Waals surface area contributed by atoms with Gasteiger partial charge in [-0.25, -0.2) is 4.79 Å². The van der Waals surface area contributed by atoms with Crippen molar-refractivity contribution in [2.45, 2.75) is 6.92 Å². The summed E-state index contributed by atoms with van der Waals surface area (Å²) < 4.78 is 0. The second kappa shape index (κ2) is 7.39. The van der Waals surface area contributed by atoms with E-state index in [-0.39, 0.29) is 6.03 Å². The number of nitrogens with zero attached hydrogens (tertiary/aromatic N) is 4. The van der Waals surface area contributed by atoms with Gasteiger partial charge in [0, 0.05) is 62.9 Å². The third-order valence-corrected chi connectivity index (χ3v) is 5.50. The first kappa shape index (κ1) is 17.5. The van der Waals surface area contributed by atoms with E-state index < -0.39 is 0 Å². The lowest BCUT2D eigenvalue weighted by molar-refractivity contribution is 0.223. The van der Waals surface area contributed by atoms with Gasteiger partial charge < -0.3 is 19.8 Å². The summed E-state index contributed by atoms with van der Waals surface area (Å²) in [6.07, 6.45) is 0. The highest BCUT2D eigenvalue weighted by molar-refractivity contribution is 5.94. The molecule has 4 rings (SSSR count). The maximum atomic E-state index is 12.3. The van der Waals surface area contributed by atoms with E-state index in [4.69, 9.17) is 0 Å². The van der Waals surface area contributed by atoms with Gasteiger partial charge in [-0.05, 0) is 55.5 Å². The Morgan fingerprint density at radius 1 is 0.741 bits per heavy atom. The predicted octanol–water partition coefficient (Wildman–Crippen LogP) is 2.98. The minimum atomic E-state index is 0.104. The lowest BCUT2D eigenvalue weighted by Crippen LogP contribution is -2.46. The first-order chi connectivity index (χ1) is 13.2. The summed E-state index contributed by atoms with van der Waals surface area (Å²) in [5.41, 5.74) is 3.32. The summed E-state index contributed by atoms with van der Waals surface area (Å²) in [5, 5.41) is 9.44. The molecule has 27 heavy (non-hydrogen) atoms. The van der Waals surface area contributed by atoms with E-state index in [9.17, 15) is 9.90 Å². The fraction of sp³-hybridized carbons (Fsp3) is 0.381. The summed E-state index contributed by atoms with van der Waals surface area (Å²) in [5.74, 6) is 0.302. The molecule has 6 nitrogen and oxygen atoms in total. The van der Waals surface area contributed by atoms with Crippen LogP contribution in [0.25, 0.3) is 0 Å². The van der Waals surface area contributed by atoms with E-state index in [0.29, 0.717) is 5.75 Å². The molecule has 0 saturated carbocycles. The Morgan fingerprint density at radius 2 is 1.22 bits per heavy atom. The normalized spacial score (nSPS) is 17.7. The van der Waals surface area contributed by atoms with Crippen molar-refractivity contribution in [2.24, 2.45) is 0 Å².